The van der Waals surface area contributed by atoms with Gasteiger partial charge in [-0.2, -0.15) is 13.2 Å². The predicted octanol–water partition coefficient (Wildman–Crippen LogP) is 3.48. The van der Waals surface area contributed by atoms with Crippen molar-refractivity contribution < 1.29 is 36.0 Å². The van der Waals surface area contributed by atoms with Gasteiger partial charge in [0.15, 0.2) is 15.9 Å². The average molecular weight is 458 g/mol. The van der Waals surface area contributed by atoms with Crippen molar-refractivity contribution >= 4 is 21.4 Å². The lowest BCUT2D eigenvalue weighted by molar-refractivity contribution is -0.384. The van der Waals surface area contributed by atoms with Crippen molar-refractivity contribution in [3.05, 3.63) is 63.2 Å². The molecule has 0 aliphatic carbocycles. The maximum Gasteiger partial charge on any atom is 0.425 e. The Balaban J connectivity index is 1.97. The van der Waals surface area contributed by atoms with E-state index in [1.165, 1.54) is 23.1 Å². The average Bonchev–Trinajstić information content (AvgIpc) is 3.09. The Bertz CT molecular complexity index is 1160. The number of benzene rings is 2. The Kier molecular flexibility index (Phi) is 5.70. The first-order chi connectivity index (χ1) is 14.3. The molecule has 0 bridgehead atoms. The zero-order valence-electron chi connectivity index (χ0n) is 16.3. The summed E-state index contributed by atoms with van der Waals surface area (Å²) >= 11 is 0. The fourth-order valence-electron chi connectivity index (χ4n) is 3.08. The summed E-state index contributed by atoms with van der Waals surface area (Å²) in [7, 11) is -3.75. The van der Waals surface area contributed by atoms with Crippen LogP contribution in [0.1, 0.15) is 28.4 Å². The smallest absolute Gasteiger partial charge is 0.425 e. The Morgan fingerprint density at radius 3 is 2.39 bits per heavy atom. The third kappa shape index (κ3) is 4.79. The van der Waals surface area contributed by atoms with Crippen LogP contribution in [0.25, 0.3) is 0 Å². The highest BCUT2D eigenvalue weighted by atomic mass is 32.2. The number of nitrogens with zero attached hydrogens (tertiary/aromatic N) is 2. The highest BCUT2D eigenvalue weighted by Crippen LogP contribution is 2.33. The molecule has 1 heterocycles. The molecule has 166 valence electrons. The number of nitro benzene ring substituents is 1. The minimum absolute atomic E-state index is 0.0206. The second kappa shape index (κ2) is 7.84. The number of nitro groups is 1. The van der Waals surface area contributed by atoms with Crippen LogP contribution in [-0.2, 0) is 22.9 Å². The van der Waals surface area contributed by atoms with Crippen LogP contribution in [0.3, 0.4) is 0 Å². The minimum Gasteiger partial charge on any atom is -0.480 e. The molecule has 12 heteroatoms. The van der Waals surface area contributed by atoms with Gasteiger partial charge in [-0.25, -0.2) is 8.42 Å². The van der Waals surface area contributed by atoms with Gasteiger partial charge in [0.1, 0.15) is 5.75 Å². The number of alkyl halides is 3. The number of carbonyl (C=O) groups is 1. The number of sulfone groups is 1. The van der Waals surface area contributed by atoms with E-state index in [-0.39, 0.29) is 29.2 Å². The van der Waals surface area contributed by atoms with Crippen LogP contribution in [0.5, 0.6) is 5.75 Å². The minimum atomic E-state index is -4.70. The van der Waals surface area contributed by atoms with Gasteiger partial charge in [-0.3, -0.25) is 14.9 Å². The van der Waals surface area contributed by atoms with Crippen molar-refractivity contribution in [3.8, 4) is 5.75 Å². The van der Waals surface area contributed by atoms with Gasteiger partial charge in [0.2, 0.25) is 0 Å². The summed E-state index contributed by atoms with van der Waals surface area (Å²) < 4.78 is 67.6. The van der Waals surface area contributed by atoms with Crippen molar-refractivity contribution in [2.45, 2.75) is 37.2 Å². The Hall–Kier alpha value is -3.15. The second-order valence-corrected chi connectivity index (χ2v) is 9.12. The molecule has 0 saturated carbocycles. The van der Waals surface area contributed by atoms with E-state index in [1.807, 2.05) is 0 Å². The summed E-state index contributed by atoms with van der Waals surface area (Å²) in [6.07, 6.45) is -6.03. The van der Waals surface area contributed by atoms with Crippen molar-refractivity contribution in [1.82, 2.24) is 4.90 Å². The fraction of sp³-hybridized carbons (Fsp3) is 0.316. The van der Waals surface area contributed by atoms with Gasteiger partial charge in [-0.05, 0) is 36.2 Å². The van der Waals surface area contributed by atoms with Gasteiger partial charge < -0.3 is 9.64 Å². The number of fused-ring (bicyclic) bond motifs is 1. The molecule has 1 aliphatic heterocycles. The van der Waals surface area contributed by atoms with Gasteiger partial charge in [0, 0.05) is 31.5 Å². The first-order valence-corrected chi connectivity index (χ1v) is 10.8. The van der Waals surface area contributed by atoms with Crippen LogP contribution in [0.4, 0.5) is 18.9 Å². The number of amides is 1. The number of rotatable bonds is 5. The van der Waals surface area contributed by atoms with Crippen LogP contribution in [-0.4, -0.2) is 42.7 Å². The van der Waals surface area contributed by atoms with Crippen LogP contribution in [0, 0.1) is 10.1 Å². The topological polar surface area (TPSA) is 107 Å². The Labute approximate surface area is 175 Å². The number of halogens is 3. The first kappa shape index (κ1) is 22.5. The van der Waals surface area contributed by atoms with Gasteiger partial charge in [-0.15, -0.1) is 0 Å². The predicted molar refractivity (Wildman–Crippen MR) is 102 cm³/mol. The van der Waals surface area contributed by atoms with Crippen molar-refractivity contribution in [1.29, 1.82) is 0 Å². The van der Waals surface area contributed by atoms with Gasteiger partial charge >= 0.3 is 6.18 Å². The van der Waals surface area contributed by atoms with Crippen molar-refractivity contribution in [3.63, 3.8) is 0 Å². The van der Waals surface area contributed by atoms with Crippen molar-refractivity contribution in [2.75, 3.05) is 6.26 Å². The molecule has 31 heavy (non-hydrogen) atoms. The maximum absolute atomic E-state index is 13.1. The zero-order valence-corrected chi connectivity index (χ0v) is 17.2. The first-order valence-electron chi connectivity index (χ1n) is 8.90. The second-order valence-electron chi connectivity index (χ2n) is 7.10. The number of hydrogen-bond acceptors (Lipinski definition) is 6. The summed E-state index contributed by atoms with van der Waals surface area (Å²) in [5, 5.41) is 11.0. The molecule has 1 unspecified atom stereocenters. The number of non-ortho nitro benzene ring substituents is 1. The third-order valence-corrected chi connectivity index (χ3v) is 5.89. The molecule has 0 spiro atoms. The largest absolute Gasteiger partial charge is 0.480 e. The maximum atomic E-state index is 13.1. The number of hydrogen-bond donors (Lipinski definition) is 0. The molecule has 2 aromatic rings. The summed E-state index contributed by atoms with van der Waals surface area (Å²) in [5.41, 5.74) is 0.661. The van der Waals surface area contributed by atoms with Crippen LogP contribution < -0.4 is 4.74 Å². The van der Waals surface area contributed by atoms with E-state index in [2.05, 4.69) is 0 Å². The van der Waals surface area contributed by atoms with Crippen LogP contribution >= 0.6 is 0 Å². The molecule has 1 atom stereocenters. The van der Waals surface area contributed by atoms with Gasteiger partial charge in [0.05, 0.1) is 15.4 Å². The Morgan fingerprint density at radius 2 is 1.81 bits per heavy atom. The molecule has 8 nitrogen and oxygen atoms in total. The van der Waals surface area contributed by atoms with Gasteiger partial charge in [-0.1, -0.05) is 6.07 Å². The highest BCUT2D eigenvalue weighted by molar-refractivity contribution is 7.90. The number of carbonyl (C=O) groups excluding carboxylic acids is 1. The lowest BCUT2D eigenvalue weighted by Crippen LogP contribution is -2.32. The molecule has 1 aliphatic rings. The summed E-state index contributed by atoms with van der Waals surface area (Å²) in [6, 6.07) is 7.15. The lowest BCUT2D eigenvalue weighted by Gasteiger charge is -2.22. The van der Waals surface area contributed by atoms with E-state index in [9.17, 15) is 36.5 Å². The van der Waals surface area contributed by atoms with Gasteiger partial charge in [0.25, 0.3) is 11.6 Å². The molecular weight excluding hydrogens is 441 g/mol. The SMILES string of the molecule is CC(Oc1ccc(S(C)(=O)=O)cc1C(=O)N1Cc2ccc([N+](=O)[O-])cc2C1)C(F)(F)F. The molecule has 1 amide bonds. The van der Waals surface area contributed by atoms with E-state index in [4.69, 9.17) is 4.74 Å². The molecule has 0 N–H and O–H groups in total. The molecule has 2 aromatic carbocycles. The molecule has 0 fully saturated rings. The normalized spacial score (nSPS) is 14.8. The highest BCUT2D eigenvalue weighted by Gasteiger charge is 2.39. The monoisotopic (exact) mass is 458 g/mol. The molecular formula is C19H17F3N2O6S. The van der Waals surface area contributed by atoms with Crippen molar-refractivity contribution in [2.24, 2.45) is 0 Å². The van der Waals surface area contributed by atoms with E-state index < -0.39 is 38.7 Å². The summed E-state index contributed by atoms with van der Waals surface area (Å²) in [4.78, 5) is 24.5. The van der Waals surface area contributed by atoms with Crippen LogP contribution in [0.15, 0.2) is 41.3 Å². The standard InChI is InChI=1S/C19H17F3N2O6S/c1-11(19(20,21)22)30-17-6-5-15(31(2,28)29)8-16(17)18(25)23-9-12-3-4-14(24(26)27)7-13(12)10-23/h3-8,11H,9-10H2,1-2H3. The third-order valence-electron chi connectivity index (χ3n) is 4.78. The van der Waals surface area contributed by atoms with E-state index in [0.29, 0.717) is 11.1 Å². The molecule has 3 rings (SSSR count). The zero-order chi connectivity index (χ0) is 23.1. The summed E-state index contributed by atoms with van der Waals surface area (Å²) in [6.45, 7) is 0.806. The lowest BCUT2D eigenvalue weighted by atomic mass is 10.1. The van der Waals surface area contributed by atoms with E-state index in [1.54, 1.807) is 0 Å². The molecule has 0 saturated heterocycles. The summed E-state index contributed by atoms with van der Waals surface area (Å²) in [5.74, 6) is -1.17. The van der Waals surface area contributed by atoms with Crippen LogP contribution in [0.2, 0.25) is 0 Å². The molecule has 0 radical (unpaired) electrons. The quantitative estimate of drug-likeness (QED) is 0.502. The fourth-order valence-corrected chi connectivity index (χ4v) is 3.72. The van der Waals surface area contributed by atoms with E-state index >= 15 is 0 Å². The number of ether oxygens (including phenoxy) is 1. The van der Waals surface area contributed by atoms with E-state index in [0.717, 1.165) is 31.4 Å². The Morgan fingerprint density at radius 1 is 1.16 bits per heavy atom. The molecule has 0 aromatic heterocycles.